The molecule has 1 aliphatic rings. The first kappa shape index (κ1) is 16.8. The van der Waals surface area contributed by atoms with Crippen molar-refractivity contribution >= 4 is 44.9 Å². The Morgan fingerprint density at radius 3 is 2.62 bits per heavy atom. The van der Waals surface area contributed by atoms with Crippen LogP contribution in [0.1, 0.15) is 11.1 Å². The van der Waals surface area contributed by atoms with Crippen molar-refractivity contribution in [1.82, 2.24) is 4.90 Å². The molecule has 122 valence electrons. The molecular weight excluding hydrogens is 390 g/mol. The van der Waals surface area contributed by atoms with Gasteiger partial charge >= 0.3 is 0 Å². The number of imide groups is 1. The molecule has 0 radical (unpaired) electrons. The largest absolute Gasteiger partial charge is 0.496 e. The first-order chi connectivity index (χ1) is 11.6. The van der Waals surface area contributed by atoms with Crippen molar-refractivity contribution in [3.05, 3.63) is 69.0 Å². The van der Waals surface area contributed by atoms with E-state index in [0.29, 0.717) is 10.7 Å². The Bertz CT molecular complexity index is 820. The van der Waals surface area contributed by atoms with Crippen LogP contribution in [0.2, 0.25) is 0 Å². The minimum Gasteiger partial charge on any atom is -0.496 e. The molecule has 0 spiro atoms. The minimum absolute atomic E-state index is 0.260. The maximum absolute atomic E-state index is 12.6. The van der Waals surface area contributed by atoms with Crippen LogP contribution in [-0.2, 0) is 11.3 Å². The summed E-state index contributed by atoms with van der Waals surface area (Å²) in [5.41, 5.74) is 1.66. The van der Waals surface area contributed by atoms with Gasteiger partial charge in [-0.25, -0.2) is 0 Å². The van der Waals surface area contributed by atoms with Gasteiger partial charge in [-0.05, 0) is 41.6 Å². The van der Waals surface area contributed by atoms with Gasteiger partial charge in [-0.2, -0.15) is 0 Å². The number of amides is 2. The molecule has 1 saturated heterocycles. The molecule has 0 bridgehead atoms. The topological polar surface area (TPSA) is 46.6 Å². The zero-order chi connectivity index (χ0) is 17.1. The summed E-state index contributed by atoms with van der Waals surface area (Å²) >= 11 is 4.35. The molecule has 0 unspecified atom stereocenters. The Balaban J connectivity index is 1.87. The lowest BCUT2D eigenvalue weighted by Gasteiger charge is -2.12. The van der Waals surface area contributed by atoms with Crippen LogP contribution in [0.15, 0.2) is 57.9 Å². The predicted octanol–water partition coefficient (Wildman–Crippen LogP) is 4.69. The average Bonchev–Trinajstić information content (AvgIpc) is 2.84. The summed E-state index contributed by atoms with van der Waals surface area (Å²) < 4.78 is 6.18. The summed E-state index contributed by atoms with van der Waals surface area (Å²) in [6.45, 7) is 0.276. The van der Waals surface area contributed by atoms with Crippen LogP contribution in [0.5, 0.6) is 5.75 Å². The van der Waals surface area contributed by atoms with E-state index in [1.165, 1.54) is 4.90 Å². The highest BCUT2D eigenvalue weighted by Gasteiger charge is 2.35. The number of thioether (sulfide) groups is 1. The molecule has 4 nitrogen and oxygen atoms in total. The Hall–Kier alpha value is -2.05. The molecule has 0 N–H and O–H groups in total. The Morgan fingerprint density at radius 1 is 1.17 bits per heavy atom. The number of benzene rings is 2. The summed E-state index contributed by atoms with van der Waals surface area (Å²) in [7, 11) is 1.57. The Morgan fingerprint density at radius 2 is 1.92 bits per heavy atom. The fourth-order valence-electron chi connectivity index (χ4n) is 2.36. The van der Waals surface area contributed by atoms with Crippen molar-refractivity contribution in [2.45, 2.75) is 6.54 Å². The van der Waals surface area contributed by atoms with Gasteiger partial charge in [-0.3, -0.25) is 14.5 Å². The van der Waals surface area contributed by atoms with Gasteiger partial charge < -0.3 is 4.74 Å². The predicted molar refractivity (Wildman–Crippen MR) is 98.7 cm³/mol. The smallest absolute Gasteiger partial charge is 0.293 e. The van der Waals surface area contributed by atoms with Gasteiger partial charge in [0.15, 0.2) is 0 Å². The van der Waals surface area contributed by atoms with Crippen LogP contribution in [0.25, 0.3) is 6.08 Å². The maximum Gasteiger partial charge on any atom is 0.293 e. The Labute approximate surface area is 152 Å². The van der Waals surface area contributed by atoms with E-state index in [2.05, 4.69) is 15.9 Å². The molecule has 1 heterocycles. The van der Waals surface area contributed by atoms with E-state index >= 15 is 0 Å². The highest BCUT2D eigenvalue weighted by Crippen LogP contribution is 2.35. The van der Waals surface area contributed by atoms with Crippen molar-refractivity contribution in [2.75, 3.05) is 7.11 Å². The molecule has 24 heavy (non-hydrogen) atoms. The lowest BCUT2D eigenvalue weighted by atomic mass is 10.1. The summed E-state index contributed by atoms with van der Waals surface area (Å²) in [5.74, 6) is 0.365. The number of carbonyl (C=O) groups excluding carboxylic acids is 2. The molecule has 1 fully saturated rings. The first-order valence-electron chi connectivity index (χ1n) is 7.21. The quantitative estimate of drug-likeness (QED) is 0.694. The SMILES string of the molecule is COc1ccc(Br)cc1/C=C1/SC(=O)N(Cc2ccccc2)C1=O. The van der Waals surface area contributed by atoms with Crippen molar-refractivity contribution in [3.63, 3.8) is 0 Å². The van der Waals surface area contributed by atoms with E-state index in [1.54, 1.807) is 13.2 Å². The van der Waals surface area contributed by atoms with E-state index in [4.69, 9.17) is 4.74 Å². The zero-order valence-electron chi connectivity index (χ0n) is 12.9. The third kappa shape index (κ3) is 3.55. The highest BCUT2D eigenvalue weighted by molar-refractivity contribution is 9.10. The van der Waals surface area contributed by atoms with Crippen LogP contribution in [-0.4, -0.2) is 23.2 Å². The number of methoxy groups -OCH3 is 1. The van der Waals surface area contributed by atoms with Crippen LogP contribution in [0.3, 0.4) is 0 Å². The molecule has 0 saturated carbocycles. The summed E-state index contributed by atoms with van der Waals surface area (Å²) in [4.78, 5) is 26.4. The van der Waals surface area contributed by atoms with Gasteiger partial charge in [0.1, 0.15) is 5.75 Å². The molecule has 3 rings (SSSR count). The van der Waals surface area contributed by atoms with Crippen molar-refractivity contribution in [1.29, 1.82) is 0 Å². The zero-order valence-corrected chi connectivity index (χ0v) is 15.3. The summed E-state index contributed by atoms with van der Waals surface area (Å²) in [5, 5.41) is -0.260. The molecular formula is C18H14BrNO3S. The number of nitrogens with zero attached hydrogens (tertiary/aromatic N) is 1. The van der Waals surface area contributed by atoms with Crippen molar-refractivity contribution in [3.8, 4) is 5.75 Å². The monoisotopic (exact) mass is 403 g/mol. The maximum atomic E-state index is 12.6. The van der Waals surface area contributed by atoms with Crippen LogP contribution in [0.4, 0.5) is 4.79 Å². The molecule has 0 atom stereocenters. The van der Waals surface area contributed by atoms with E-state index in [0.717, 1.165) is 27.4 Å². The molecule has 6 heteroatoms. The van der Waals surface area contributed by atoms with E-state index < -0.39 is 0 Å². The third-order valence-corrected chi connectivity index (χ3v) is 4.94. The van der Waals surface area contributed by atoms with Gasteiger partial charge in [0.2, 0.25) is 0 Å². The van der Waals surface area contributed by atoms with E-state index in [9.17, 15) is 9.59 Å². The van der Waals surface area contributed by atoms with E-state index in [-0.39, 0.29) is 17.7 Å². The van der Waals surface area contributed by atoms with Gasteiger partial charge in [0, 0.05) is 10.0 Å². The van der Waals surface area contributed by atoms with Crippen LogP contribution < -0.4 is 4.74 Å². The van der Waals surface area contributed by atoms with Crippen LogP contribution in [0, 0.1) is 0 Å². The first-order valence-corrected chi connectivity index (χ1v) is 8.82. The van der Waals surface area contributed by atoms with Crippen molar-refractivity contribution < 1.29 is 14.3 Å². The number of halogens is 1. The summed E-state index contributed by atoms with van der Waals surface area (Å²) in [6, 6.07) is 15.0. The van der Waals surface area contributed by atoms with Gasteiger partial charge in [0.25, 0.3) is 11.1 Å². The molecule has 2 amide bonds. The Kier molecular flexibility index (Phi) is 5.06. The molecule has 0 aliphatic carbocycles. The van der Waals surface area contributed by atoms with Gasteiger partial charge in [0.05, 0.1) is 18.6 Å². The normalized spacial score (nSPS) is 16.1. The molecule has 2 aromatic carbocycles. The number of hydrogen-bond acceptors (Lipinski definition) is 4. The fourth-order valence-corrected chi connectivity index (χ4v) is 3.57. The lowest BCUT2D eigenvalue weighted by molar-refractivity contribution is -0.123. The number of ether oxygens (including phenoxy) is 1. The van der Waals surface area contributed by atoms with Crippen LogP contribution >= 0.6 is 27.7 Å². The lowest BCUT2D eigenvalue weighted by Crippen LogP contribution is -2.27. The second kappa shape index (κ2) is 7.23. The second-order valence-electron chi connectivity index (χ2n) is 5.14. The third-order valence-electron chi connectivity index (χ3n) is 3.54. The van der Waals surface area contributed by atoms with Gasteiger partial charge in [-0.1, -0.05) is 46.3 Å². The van der Waals surface area contributed by atoms with Crippen molar-refractivity contribution in [2.24, 2.45) is 0 Å². The molecule has 1 aliphatic heterocycles. The number of hydrogen-bond donors (Lipinski definition) is 0. The molecule has 2 aromatic rings. The van der Waals surface area contributed by atoms with E-state index in [1.807, 2.05) is 48.5 Å². The fraction of sp³-hybridized carbons (Fsp3) is 0.111. The molecule has 0 aromatic heterocycles. The summed E-state index contributed by atoms with van der Waals surface area (Å²) in [6.07, 6.45) is 1.69. The number of rotatable bonds is 4. The minimum atomic E-state index is -0.282. The second-order valence-corrected chi connectivity index (χ2v) is 7.05. The standard InChI is InChI=1S/C18H14BrNO3S/c1-23-15-8-7-14(19)9-13(15)10-16-17(21)20(18(22)24-16)11-12-5-3-2-4-6-12/h2-10H,11H2,1H3/b16-10+. The average molecular weight is 404 g/mol. The highest BCUT2D eigenvalue weighted by atomic mass is 79.9. The number of carbonyl (C=O) groups is 2. The van der Waals surface area contributed by atoms with Gasteiger partial charge in [-0.15, -0.1) is 0 Å².